The third kappa shape index (κ3) is 4.07. The first-order chi connectivity index (χ1) is 5.74. The van der Waals surface area contributed by atoms with E-state index in [9.17, 15) is 0 Å². The highest BCUT2D eigenvalue weighted by Gasteiger charge is 2.04. The van der Waals surface area contributed by atoms with Gasteiger partial charge in [-0.25, -0.2) is 4.98 Å². The average Bonchev–Trinajstić information content (AvgIpc) is 2.05. The summed E-state index contributed by atoms with van der Waals surface area (Å²) in [4.78, 5) is 4.04. The van der Waals surface area contributed by atoms with Gasteiger partial charge in [-0.2, -0.15) is 0 Å². The van der Waals surface area contributed by atoms with E-state index in [1.165, 1.54) is 0 Å². The van der Waals surface area contributed by atoms with Crippen molar-refractivity contribution in [3.05, 3.63) is 28.5 Å². The summed E-state index contributed by atoms with van der Waals surface area (Å²) in [5, 5.41) is 0. The topological polar surface area (TPSA) is 38.9 Å². The second kappa shape index (κ2) is 6.35. The zero-order valence-corrected chi connectivity index (χ0v) is 9.94. The summed E-state index contributed by atoms with van der Waals surface area (Å²) in [6, 6.07) is 4.08. The van der Waals surface area contributed by atoms with Crippen molar-refractivity contribution in [3.8, 4) is 0 Å². The first-order valence-electron chi connectivity index (χ1n) is 4.11. The molecule has 2 nitrogen and oxygen atoms in total. The van der Waals surface area contributed by atoms with Gasteiger partial charge in [0.05, 0.1) is 0 Å². The number of hydrogen-bond acceptors (Lipinski definition) is 2. The van der Waals surface area contributed by atoms with Crippen molar-refractivity contribution in [2.45, 2.75) is 25.8 Å². The predicted molar refractivity (Wildman–Crippen MR) is 61.0 cm³/mol. The van der Waals surface area contributed by atoms with E-state index in [2.05, 4.69) is 27.8 Å². The third-order valence-electron chi connectivity index (χ3n) is 1.78. The van der Waals surface area contributed by atoms with Gasteiger partial charge in [-0.1, -0.05) is 13.3 Å². The molecule has 0 aliphatic rings. The standard InChI is InChI=1S/C9H13BrN2.ClH/c1-2-3-8(11)7-4-5-12-9(10)6-7;/h4-6,8H,2-3,11H2,1H3;1H/t8-;/m1./s1. The molecule has 1 rings (SSSR count). The molecular formula is C9H14BrClN2. The van der Waals surface area contributed by atoms with E-state index < -0.39 is 0 Å². The van der Waals surface area contributed by atoms with E-state index in [4.69, 9.17) is 5.73 Å². The molecule has 0 saturated carbocycles. The lowest BCUT2D eigenvalue weighted by Gasteiger charge is -2.09. The Morgan fingerprint density at radius 3 is 2.85 bits per heavy atom. The Kier molecular flexibility index (Phi) is 6.29. The Hall–Kier alpha value is -0.120. The number of hydrogen-bond donors (Lipinski definition) is 1. The summed E-state index contributed by atoms with van der Waals surface area (Å²) in [6.45, 7) is 2.14. The molecule has 0 amide bonds. The molecule has 0 bridgehead atoms. The molecule has 74 valence electrons. The van der Waals surface area contributed by atoms with Crippen LogP contribution in [0.5, 0.6) is 0 Å². The van der Waals surface area contributed by atoms with Crippen LogP contribution in [-0.4, -0.2) is 4.98 Å². The quantitative estimate of drug-likeness (QED) is 0.853. The van der Waals surface area contributed by atoms with Gasteiger partial charge < -0.3 is 5.73 Å². The summed E-state index contributed by atoms with van der Waals surface area (Å²) in [5.41, 5.74) is 7.08. The second-order valence-electron chi connectivity index (χ2n) is 2.81. The van der Waals surface area contributed by atoms with Gasteiger partial charge in [-0.3, -0.25) is 0 Å². The van der Waals surface area contributed by atoms with Gasteiger partial charge in [0, 0.05) is 12.2 Å². The molecular weight excluding hydrogens is 251 g/mol. The molecule has 0 saturated heterocycles. The third-order valence-corrected chi connectivity index (χ3v) is 2.21. The molecule has 1 aromatic rings. The first-order valence-corrected chi connectivity index (χ1v) is 4.90. The average molecular weight is 266 g/mol. The molecule has 1 aromatic heterocycles. The van der Waals surface area contributed by atoms with Crippen LogP contribution in [0.1, 0.15) is 31.4 Å². The number of nitrogens with zero attached hydrogens (tertiary/aromatic N) is 1. The maximum atomic E-state index is 5.93. The van der Waals surface area contributed by atoms with E-state index in [-0.39, 0.29) is 18.4 Å². The number of rotatable bonds is 3. The second-order valence-corrected chi connectivity index (χ2v) is 3.62. The van der Waals surface area contributed by atoms with E-state index in [1.54, 1.807) is 6.20 Å². The number of nitrogens with two attached hydrogens (primary N) is 1. The van der Waals surface area contributed by atoms with Crippen molar-refractivity contribution in [1.29, 1.82) is 0 Å². The highest BCUT2D eigenvalue weighted by atomic mass is 79.9. The molecule has 0 aliphatic heterocycles. The number of halogens is 2. The molecule has 2 N–H and O–H groups in total. The van der Waals surface area contributed by atoms with Gasteiger partial charge in [-0.05, 0) is 40.0 Å². The van der Waals surface area contributed by atoms with Crippen LogP contribution in [0.3, 0.4) is 0 Å². The van der Waals surface area contributed by atoms with Gasteiger partial charge in [0.2, 0.25) is 0 Å². The predicted octanol–water partition coefficient (Wildman–Crippen LogP) is 3.07. The maximum absolute atomic E-state index is 5.93. The van der Waals surface area contributed by atoms with Gasteiger partial charge in [0.25, 0.3) is 0 Å². The Morgan fingerprint density at radius 2 is 2.31 bits per heavy atom. The molecule has 1 atom stereocenters. The van der Waals surface area contributed by atoms with Crippen LogP contribution >= 0.6 is 28.3 Å². The van der Waals surface area contributed by atoms with Crippen LogP contribution in [0, 0.1) is 0 Å². The van der Waals surface area contributed by atoms with Gasteiger partial charge >= 0.3 is 0 Å². The summed E-state index contributed by atoms with van der Waals surface area (Å²) >= 11 is 3.31. The van der Waals surface area contributed by atoms with Crippen molar-refractivity contribution in [2.75, 3.05) is 0 Å². The normalized spacial score (nSPS) is 11.9. The van der Waals surface area contributed by atoms with E-state index >= 15 is 0 Å². The number of pyridine rings is 1. The van der Waals surface area contributed by atoms with Crippen LogP contribution in [0.15, 0.2) is 22.9 Å². The van der Waals surface area contributed by atoms with Crippen molar-refractivity contribution in [2.24, 2.45) is 5.73 Å². The Balaban J connectivity index is 0.00000144. The molecule has 0 aromatic carbocycles. The minimum Gasteiger partial charge on any atom is -0.324 e. The van der Waals surface area contributed by atoms with Crippen LogP contribution in [0.25, 0.3) is 0 Å². The van der Waals surface area contributed by atoms with Crippen LogP contribution in [0.2, 0.25) is 0 Å². The maximum Gasteiger partial charge on any atom is 0.106 e. The van der Waals surface area contributed by atoms with E-state index in [1.807, 2.05) is 12.1 Å². The molecule has 0 radical (unpaired) electrons. The zero-order chi connectivity index (χ0) is 8.97. The summed E-state index contributed by atoms with van der Waals surface area (Å²) in [5.74, 6) is 0. The Labute approximate surface area is 93.5 Å². The Morgan fingerprint density at radius 1 is 1.62 bits per heavy atom. The van der Waals surface area contributed by atoms with Crippen LogP contribution in [-0.2, 0) is 0 Å². The molecule has 13 heavy (non-hydrogen) atoms. The molecule has 4 heteroatoms. The minimum atomic E-state index is 0. The fourth-order valence-corrected chi connectivity index (χ4v) is 1.51. The number of aromatic nitrogens is 1. The summed E-state index contributed by atoms with van der Waals surface area (Å²) < 4.78 is 0.853. The van der Waals surface area contributed by atoms with E-state index in [0.717, 1.165) is 23.0 Å². The lowest BCUT2D eigenvalue weighted by Crippen LogP contribution is -2.09. The smallest absolute Gasteiger partial charge is 0.106 e. The molecule has 0 fully saturated rings. The highest BCUT2D eigenvalue weighted by Crippen LogP contribution is 2.17. The fraction of sp³-hybridized carbons (Fsp3) is 0.444. The van der Waals surface area contributed by atoms with Crippen molar-refractivity contribution >= 4 is 28.3 Å². The summed E-state index contributed by atoms with van der Waals surface area (Å²) in [7, 11) is 0. The largest absolute Gasteiger partial charge is 0.324 e. The van der Waals surface area contributed by atoms with Crippen molar-refractivity contribution in [3.63, 3.8) is 0 Å². The SMILES string of the molecule is CCC[C@@H](N)c1ccnc(Br)c1.Cl. The monoisotopic (exact) mass is 264 g/mol. The minimum absolute atomic E-state index is 0. The molecule has 0 spiro atoms. The van der Waals surface area contributed by atoms with Gasteiger partial charge in [0.15, 0.2) is 0 Å². The Bertz CT molecular complexity index is 255. The molecule has 1 heterocycles. The molecule has 0 unspecified atom stereocenters. The van der Waals surface area contributed by atoms with Crippen molar-refractivity contribution < 1.29 is 0 Å². The highest BCUT2D eigenvalue weighted by molar-refractivity contribution is 9.10. The van der Waals surface area contributed by atoms with Crippen LogP contribution < -0.4 is 5.73 Å². The first kappa shape index (κ1) is 12.9. The summed E-state index contributed by atoms with van der Waals surface area (Å²) in [6.07, 6.45) is 3.91. The van der Waals surface area contributed by atoms with Crippen molar-refractivity contribution in [1.82, 2.24) is 4.98 Å². The van der Waals surface area contributed by atoms with Gasteiger partial charge in [0.1, 0.15) is 4.60 Å². The van der Waals surface area contributed by atoms with Crippen LogP contribution in [0.4, 0.5) is 0 Å². The lowest BCUT2D eigenvalue weighted by atomic mass is 10.1. The molecule has 0 aliphatic carbocycles. The lowest BCUT2D eigenvalue weighted by molar-refractivity contribution is 0.637. The van der Waals surface area contributed by atoms with Gasteiger partial charge in [-0.15, -0.1) is 12.4 Å². The fourth-order valence-electron chi connectivity index (χ4n) is 1.13. The van der Waals surface area contributed by atoms with E-state index in [0.29, 0.717) is 0 Å². The zero-order valence-electron chi connectivity index (χ0n) is 7.53.